The van der Waals surface area contributed by atoms with Crippen molar-refractivity contribution >= 4 is 16.1 Å². The smallest absolute Gasteiger partial charge is 0.337 e. The molecule has 29 heavy (non-hydrogen) atoms. The molecule has 0 aliphatic heterocycles. The Labute approximate surface area is 172 Å². The molecule has 1 heterocycles. The molecule has 166 valence electrons. The maximum atomic E-state index is 12.3. The van der Waals surface area contributed by atoms with Gasteiger partial charge in [0, 0.05) is 25.3 Å². The fourth-order valence-corrected chi connectivity index (χ4v) is 2.70. The topological polar surface area (TPSA) is 110 Å². The monoisotopic (exact) mass is 433 g/mol. The lowest BCUT2D eigenvalue weighted by Crippen LogP contribution is -2.36. The second kappa shape index (κ2) is 12.1. The van der Waals surface area contributed by atoms with Crippen LogP contribution in [0, 0.1) is 0 Å². The molecule has 0 N–H and O–H groups in total. The summed E-state index contributed by atoms with van der Waals surface area (Å²) in [4.78, 5) is 16.4. The zero-order valence-corrected chi connectivity index (χ0v) is 18.5. The number of esters is 1. The third-order valence-corrected chi connectivity index (χ3v) is 3.81. The fraction of sp³-hybridized carbons (Fsp3) is 0.684. The zero-order chi connectivity index (χ0) is 21.9. The summed E-state index contributed by atoms with van der Waals surface area (Å²) in [5.41, 5.74) is -0.165. The predicted molar refractivity (Wildman–Crippen MR) is 106 cm³/mol. The van der Waals surface area contributed by atoms with Crippen molar-refractivity contribution in [2.75, 3.05) is 39.3 Å². The van der Waals surface area contributed by atoms with E-state index in [0.29, 0.717) is 44.5 Å². The lowest BCUT2D eigenvalue weighted by Gasteiger charge is -2.23. The summed E-state index contributed by atoms with van der Waals surface area (Å²) in [6.07, 6.45) is 1.08. The number of hydrogen-bond acceptors (Lipinski definition) is 9. The molecule has 0 saturated heterocycles. The van der Waals surface area contributed by atoms with Gasteiger partial charge in [-0.2, -0.15) is 8.42 Å². The van der Waals surface area contributed by atoms with Crippen molar-refractivity contribution in [3.05, 3.63) is 23.9 Å². The quantitative estimate of drug-likeness (QED) is 0.261. The van der Waals surface area contributed by atoms with Gasteiger partial charge in [0.1, 0.15) is 12.2 Å². The lowest BCUT2D eigenvalue weighted by molar-refractivity contribution is -0.163. The molecule has 1 aromatic heterocycles. The summed E-state index contributed by atoms with van der Waals surface area (Å²) in [5, 5.41) is 0. The van der Waals surface area contributed by atoms with Crippen LogP contribution >= 0.6 is 0 Å². The van der Waals surface area contributed by atoms with Gasteiger partial charge in [0.05, 0.1) is 26.1 Å². The van der Waals surface area contributed by atoms with Gasteiger partial charge in [0.2, 0.25) is 5.88 Å². The van der Waals surface area contributed by atoms with Crippen LogP contribution in [0.2, 0.25) is 0 Å². The number of ether oxygens (including phenoxy) is 4. The Hall–Kier alpha value is -1.75. The van der Waals surface area contributed by atoms with Crippen LogP contribution in [0.25, 0.3) is 0 Å². The Balaban J connectivity index is 2.58. The SMILES string of the molecule is CCOCCOCCOc1ccc(CC(OS(C)(=O)=O)C(=O)OC(C)(C)C)cn1. The average Bonchev–Trinajstić information content (AvgIpc) is 2.59. The number of pyridine rings is 1. The number of carbonyl (C=O) groups excluding carboxylic acids is 1. The molecule has 1 rings (SSSR count). The molecule has 0 radical (unpaired) electrons. The van der Waals surface area contributed by atoms with Crippen molar-refractivity contribution in [3.8, 4) is 5.88 Å². The Bertz CT molecular complexity index is 713. The molecule has 1 unspecified atom stereocenters. The molecule has 10 heteroatoms. The van der Waals surface area contributed by atoms with E-state index in [9.17, 15) is 13.2 Å². The summed E-state index contributed by atoms with van der Waals surface area (Å²) < 4.78 is 49.1. The van der Waals surface area contributed by atoms with E-state index in [1.165, 1.54) is 6.20 Å². The highest BCUT2D eigenvalue weighted by atomic mass is 32.2. The summed E-state index contributed by atoms with van der Waals surface area (Å²) in [6, 6.07) is 3.31. The van der Waals surface area contributed by atoms with Crippen LogP contribution in [0.15, 0.2) is 18.3 Å². The number of nitrogens with zero attached hydrogens (tertiary/aromatic N) is 1. The Morgan fingerprint density at radius 2 is 1.76 bits per heavy atom. The van der Waals surface area contributed by atoms with Crippen LogP contribution in [-0.2, 0) is 39.7 Å². The lowest BCUT2D eigenvalue weighted by atomic mass is 10.1. The van der Waals surface area contributed by atoms with E-state index in [-0.39, 0.29) is 6.42 Å². The van der Waals surface area contributed by atoms with E-state index in [1.54, 1.807) is 32.9 Å². The minimum atomic E-state index is -3.84. The third-order valence-electron chi connectivity index (χ3n) is 3.23. The summed E-state index contributed by atoms with van der Waals surface area (Å²) in [7, 11) is -3.84. The van der Waals surface area contributed by atoms with Crippen molar-refractivity contribution in [1.82, 2.24) is 4.98 Å². The van der Waals surface area contributed by atoms with E-state index in [2.05, 4.69) is 4.98 Å². The van der Waals surface area contributed by atoms with Crippen molar-refractivity contribution in [1.29, 1.82) is 0 Å². The minimum absolute atomic E-state index is 0.00416. The van der Waals surface area contributed by atoms with Crippen LogP contribution in [-0.4, -0.2) is 70.4 Å². The third kappa shape index (κ3) is 12.4. The molecule has 0 spiro atoms. The zero-order valence-electron chi connectivity index (χ0n) is 17.7. The van der Waals surface area contributed by atoms with Gasteiger partial charge < -0.3 is 18.9 Å². The van der Waals surface area contributed by atoms with E-state index in [4.69, 9.17) is 23.1 Å². The first-order chi connectivity index (χ1) is 13.5. The highest BCUT2D eigenvalue weighted by Crippen LogP contribution is 2.16. The fourth-order valence-electron chi connectivity index (χ4n) is 2.14. The standard InChI is InChI=1S/C19H31NO8S/c1-6-24-9-10-25-11-12-26-17-8-7-15(14-20-17)13-16(28-29(5,22)23)18(21)27-19(2,3)4/h7-8,14,16H,6,9-13H2,1-5H3. The Morgan fingerprint density at radius 1 is 1.10 bits per heavy atom. The van der Waals surface area contributed by atoms with Gasteiger partial charge in [-0.25, -0.2) is 9.78 Å². The Kier molecular flexibility index (Phi) is 10.5. The van der Waals surface area contributed by atoms with Gasteiger partial charge in [-0.1, -0.05) is 6.07 Å². The highest BCUT2D eigenvalue weighted by molar-refractivity contribution is 7.86. The molecule has 0 amide bonds. The largest absolute Gasteiger partial charge is 0.475 e. The van der Waals surface area contributed by atoms with Gasteiger partial charge in [0.15, 0.2) is 6.10 Å². The predicted octanol–water partition coefficient (Wildman–Crippen LogP) is 1.74. The molecular weight excluding hydrogens is 402 g/mol. The highest BCUT2D eigenvalue weighted by Gasteiger charge is 2.29. The average molecular weight is 434 g/mol. The molecule has 0 saturated carbocycles. The first-order valence-corrected chi connectivity index (χ1v) is 11.2. The van der Waals surface area contributed by atoms with E-state index in [1.807, 2.05) is 6.92 Å². The molecule has 0 aliphatic carbocycles. The normalized spacial score (nSPS) is 13.1. The second-order valence-electron chi connectivity index (χ2n) is 7.19. The molecule has 9 nitrogen and oxygen atoms in total. The summed E-state index contributed by atoms with van der Waals surface area (Å²) >= 11 is 0. The van der Waals surface area contributed by atoms with Gasteiger partial charge >= 0.3 is 5.97 Å². The van der Waals surface area contributed by atoms with Gasteiger partial charge in [-0.15, -0.1) is 0 Å². The molecular formula is C19H31NO8S. The molecule has 1 aromatic rings. The summed E-state index contributed by atoms with van der Waals surface area (Å²) in [6.45, 7) is 9.41. The van der Waals surface area contributed by atoms with Crippen LogP contribution < -0.4 is 4.74 Å². The summed E-state index contributed by atoms with van der Waals surface area (Å²) in [5.74, 6) is -0.368. The maximum absolute atomic E-state index is 12.3. The van der Waals surface area contributed by atoms with Crippen molar-refractivity contribution in [2.24, 2.45) is 0 Å². The number of rotatable bonds is 13. The first kappa shape index (κ1) is 25.3. The van der Waals surface area contributed by atoms with Crippen LogP contribution in [0.1, 0.15) is 33.3 Å². The first-order valence-electron chi connectivity index (χ1n) is 9.34. The molecule has 0 fully saturated rings. The van der Waals surface area contributed by atoms with Gasteiger partial charge in [0.25, 0.3) is 10.1 Å². The second-order valence-corrected chi connectivity index (χ2v) is 8.79. The van der Waals surface area contributed by atoms with Crippen LogP contribution in [0.3, 0.4) is 0 Å². The number of aromatic nitrogens is 1. The minimum Gasteiger partial charge on any atom is -0.475 e. The van der Waals surface area contributed by atoms with Crippen molar-refractivity contribution < 1.29 is 36.3 Å². The van der Waals surface area contributed by atoms with Crippen molar-refractivity contribution in [2.45, 2.75) is 45.8 Å². The molecule has 0 aromatic carbocycles. The Morgan fingerprint density at radius 3 is 2.31 bits per heavy atom. The van der Waals surface area contributed by atoms with Crippen LogP contribution in [0.5, 0.6) is 5.88 Å². The van der Waals surface area contributed by atoms with E-state index in [0.717, 1.165) is 6.26 Å². The van der Waals surface area contributed by atoms with Crippen LogP contribution in [0.4, 0.5) is 0 Å². The van der Waals surface area contributed by atoms with Gasteiger partial charge in [-0.05, 0) is 33.3 Å². The molecule has 1 atom stereocenters. The number of hydrogen-bond donors (Lipinski definition) is 0. The molecule has 0 aliphatic rings. The molecule has 0 bridgehead atoms. The maximum Gasteiger partial charge on any atom is 0.337 e. The number of carbonyl (C=O) groups is 1. The van der Waals surface area contributed by atoms with Crippen molar-refractivity contribution in [3.63, 3.8) is 0 Å². The van der Waals surface area contributed by atoms with E-state index >= 15 is 0 Å². The van der Waals surface area contributed by atoms with Gasteiger partial charge in [-0.3, -0.25) is 4.18 Å². The van der Waals surface area contributed by atoms with E-state index < -0.39 is 27.8 Å².